The molecule has 0 spiro atoms. The van der Waals surface area contributed by atoms with Gasteiger partial charge in [0, 0.05) is 33.6 Å². The molecule has 0 aromatic rings. The molecular formula is C16H28NO11P. The van der Waals surface area contributed by atoms with E-state index >= 15 is 0 Å². The van der Waals surface area contributed by atoms with Gasteiger partial charge < -0.3 is 24.5 Å². The second kappa shape index (κ2) is 11.3. The molecular weight excluding hydrogens is 413 g/mol. The maximum absolute atomic E-state index is 13.1. The van der Waals surface area contributed by atoms with Crippen LogP contribution in [0.3, 0.4) is 0 Å². The Labute approximate surface area is 168 Å². The molecule has 0 aromatic carbocycles. The van der Waals surface area contributed by atoms with Crippen LogP contribution in [0, 0.1) is 0 Å². The zero-order valence-electron chi connectivity index (χ0n) is 16.4. The van der Waals surface area contributed by atoms with Gasteiger partial charge in [0.1, 0.15) is 18.3 Å². The largest absolute Gasteiger partial charge is 0.475 e. The Morgan fingerprint density at radius 3 is 2.48 bits per heavy atom. The minimum Gasteiger partial charge on any atom is -0.394 e. The first-order chi connectivity index (χ1) is 13.7. The molecule has 2 aliphatic rings. The zero-order valence-corrected chi connectivity index (χ0v) is 17.3. The van der Waals surface area contributed by atoms with Gasteiger partial charge in [0.25, 0.3) is 5.91 Å². The first-order valence-corrected chi connectivity index (χ1v) is 10.7. The molecule has 168 valence electrons. The van der Waals surface area contributed by atoms with E-state index in [0.717, 1.165) is 12.0 Å². The average Bonchev–Trinajstić information content (AvgIpc) is 3.27. The van der Waals surface area contributed by atoms with E-state index < -0.39 is 44.1 Å². The monoisotopic (exact) mass is 441 g/mol. The first-order valence-electron chi connectivity index (χ1n) is 9.29. The number of nitrogens with zero attached hydrogens (tertiary/aromatic N) is 1. The van der Waals surface area contributed by atoms with Crippen LogP contribution in [-0.4, -0.2) is 91.7 Å². The molecule has 0 radical (unpaired) electrons. The van der Waals surface area contributed by atoms with Crippen LogP contribution in [0.25, 0.3) is 0 Å². The lowest BCUT2D eigenvalue weighted by Crippen LogP contribution is -2.31. The minimum atomic E-state index is -4.17. The number of ether oxygens (including phenoxy) is 2. The van der Waals surface area contributed by atoms with Crippen LogP contribution in [-0.2, 0) is 42.0 Å². The fourth-order valence-electron chi connectivity index (χ4n) is 2.79. The molecule has 2 N–H and O–H groups in total. The molecule has 5 atom stereocenters. The van der Waals surface area contributed by atoms with Crippen molar-refractivity contribution in [2.75, 3.05) is 40.1 Å². The van der Waals surface area contributed by atoms with Crippen LogP contribution >= 0.6 is 7.82 Å². The van der Waals surface area contributed by atoms with Crippen LogP contribution in [0.2, 0.25) is 0 Å². The van der Waals surface area contributed by atoms with Gasteiger partial charge in [-0.2, -0.15) is 5.06 Å². The molecule has 0 saturated carbocycles. The molecule has 2 heterocycles. The summed E-state index contributed by atoms with van der Waals surface area (Å²) in [7, 11) is -2.91. The van der Waals surface area contributed by atoms with Crippen LogP contribution in [0.5, 0.6) is 0 Å². The number of rotatable bonds is 10. The summed E-state index contributed by atoms with van der Waals surface area (Å²) in [5.41, 5.74) is 0. The molecule has 2 rings (SSSR count). The molecule has 2 aliphatic heterocycles. The van der Waals surface area contributed by atoms with Crippen molar-refractivity contribution in [2.24, 2.45) is 0 Å². The summed E-state index contributed by atoms with van der Waals surface area (Å²) >= 11 is 0. The van der Waals surface area contributed by atoms with Gasteiger partial charge in [-0.1, -0.05) is 0 Å². The third-order valence-electron chi connectivity index (χ3n) is 4.35. The Hall–Kier alpha value is -1.11. The fraction of sp³-hybridized carbons (Fsp3) is 0.875. The summed E-state index contributed by atoms with van der Waals surface area (Å²) in [4.78, 5) is 27.4. The Morgan fingerprint density at radius 1 is 1.17 bits per heavy atom. The van der Waals surface area contributed by atoms with E-state index in [-0.39, 0.29) is 26.2 Å². The number of hydroxylamine groups is 2. The number of aliphatic hydroxyl groups is 2. The van der Waals surface area contributed by atoms with Gasteiger partial charge >= 0.3 is 13.8 Å². The zero-order chi connectivity index (χ0) is 21.4. The van der Waals surface area contributed by atoms with Crippen molar-refractivity contribution < 1.29 is 52.2 Å². The van der Waals surface area contributed by atoms with Gasteiger partial charge in [-0.25, -0.2) is 4.57 Å². The molecule has 0 unspecified atom stereocenters. The number of carbonyl (C=O) groups excluding carboxylic acids is 2. The highest BCUT2D eigenvalue weighted by molar-refractivity contribution is 7.48. The number of hydrogen-bond acceptors (Lipinski definition) is 11. The maximum atomic E-state index is 13.1. The SMILES string of the molecule is CC(=O)ON(C)C(=O)CCO[P@@](=O)(OC[C@H]1OCC[C@H]1O)O[C@@H]1CCO[C@@H]1CO. The predicted molar refractivity (Wildman–Crippen MR) is 95.3 cm³/mol. The van der Waals surface area contributed by atoms with Gasteiger partial charge in [-0.05, 0) is 6.42 Å². The Balaban J connectivity index is 1.93. The van der Waals surface area contributed by atoms with Crippen LogP contribution < -0.4 is 0 Å². The van der Waals surface area contributed by atoms with Crippen molar-refractivity contribution in [3.05, 3.63) is 0 Å². The Kier molecular flexibility index (Phi) is 9.44. The maximum Gasteiger partial charge on any atom is 0.475 e. The van der Waals surface area contributed by atoms with Crippen LogP contribution in [0.1, 0.15) is 26.2 Å². The molecule has 12 nitrogen and oxygen atoms in total. The smallest absolute Gasteiger partial charge is 0.394 e. The highest BCUT2D eigenvalue weighted by atomic mass is 31.2. The molecule has 13 heteroatoms. The highest BCUT2D eigenvalue weighted by Crippen LogP contribution is 2.52. The Bertz CT molecular complexity index is 603. The van der Waals surface area contributed by atoms with E-state index in [9.17, 15) is 24.4 Å². The standard InChI is InChI=1S/C16H28NO11P/c1-11(19)27-17(2)16(21)5-8-25-29(22,26-10-15-12(20)3-6-24-15)28-13-4-7-23-14(13)9-18/h12-15,18,20H,3-10H2,1-2H3/t12-,13-,14-,15-,29+/m1/s1. The lowest BCUT2D eigenvalue weighted by Gasteiger charge is -2.25. The normalized spacial score (nSPS) is 28.8. The first kappa shape index (κ1) is 24.2. The van der Waals surface area contributed by atoms with Gasteiger partial charge in [0.05, 0.1) is 32.3 Å². The molecule has 29 heavy (non-hydrogen) atoms. The van der Waals surface area contributed by atoms with Crippen molar-refractivity contribution in [1.29, 1.82) is 0 Å². The van der Waals surface area contributed by atoms with E-state index in [1.54, 1.807) is 0 Å². The molecule has 0 bridgehead atoms. The number of aliphatic hydroxyl groups excluding tert-OH is 2. The number of hydrogen-bond donors (Lipinski definition) is 2. The van der Waals surface area contributed by atoms with Crippen molar-refractivity contribution in [1.82, 2.24) is 5.06 Å². The lowest BCUT2D eigenvalue weighted by molar-refractivity contribution is -0.191. The fourth-order valence-corrected chi connectivity index (χ4v) is 4.20. The van der Waals surface area contributed by atoms with Crippen molar-refractivity contribution >= 4 is 19.7 Å². The van der Waals surface area contributed by atoms with Crippen molar-refractivity contribution in [2.45, 2.75) is 50.6 Å². The number of phosphoric acid groups is 1. The molecule has 2 fully saturated rings. The highest BCUT2D eigenvalue weighted by Gasteiger charge is 2.39. The molecule has 0 aromatic heterocycles. The van der Waals surface area contributed by atoms with E-state index in [2.05, 4.69) is 4.84 Å². The lowest BCUT2D eigenvalue weighted by atomic mass is 10.2. The second-order valence-corrected chi connectivity index (χ2v) is 8.21. The van der Waals surface area contributed by atoms with Gasteiger partial charge in [0.2, 0.25) is 0 Å². The van der Waals surface area contributed by atoms with Gasteiger partial charge in [-0.3, -0.25) is 23.2 Å². The molecule has 2 saturated heterocycles. The van der Waals surface area contributed by atoms with Crippen molar-refractivity contribution in [3.63, 3.8) is 0 Å². The third-order valence-corrected chi connectivity index (χ3v) is 5.84. The molecule has 0 aliphatic carbocycles. The van der Waals surface area contributed by atoms with Gasteiger partial charge in [-0.15, -0.1) is 0 Å². The quantitative estimate of drug-likeness (QED) is 0.342. The van der Waals surface area contributed by atoms with E-state index in [1.165, 1.54) is 7.05 Å². The van der Waals surface area contributed by atoms with E-state index in [0.29, 0.717) is 26.1 Å². The van der Waals surface area contributed by atoms with Crippen LogP contribution in [0.15, 0.2) is 0 Å². The number of carbonyl (C=O) groups is 2. The Morgan fingerprint density at radius 2 is 1.86 bits per heavy atom. The summed E-state index contributed by atoms with van der Waals surface area (Å²) in [6, 6.07) is 0. The molecule has 1 amide bonds. The summed E-state index contributed by atoms with van der Waals surface area (Å²) in [6.07, 6.45) is -2.30. The van der Waals surface area contributed by atoms with E-state index in [4.69, 9.17) is 23.0 Å². The summed E-state index contributed by atoms with van der Waals surface area (Å²) < 4.78 is 39.7. The third kappa shape index (κ3) is 7.58. The summed E-state index contributed by atoms with van der Waals surface area (Å²) in [6.45, 7) is 0.898. The minimum absolute atomic E-state index is 0.239. The number of phosphoric ester groups is 1. The summed E-state index contributed by atoms with van der Waals surface area (Å²) in [5, 5.41) is 19.9. The topological polar surface area (TPSA) is 150 Å². The predicted octanol–water partition coefficient (Wildman–Crippen LogP) is -0.229. The number of amides is 1. The summed E-state index contributed by atoms with van der Waals surface area (Å²) in [5.74, 6) is -1.25. The second-order valence-electron chi connectivity index (χ2n) is 6.59. The van der Waals surface area contributed by atoms with E-state index in [1.807, 2.05) is 0 Å². The van der Waals surface area contributed by atoms with Crippen molar-refractivity contribution in [3.8, 4) is 0 Å². The van der Waals surface area contributed by atoms with Crippen LogP contribution in [0.4, 0.5) is 0 Å². The average molecular weight is 441 g/mol. The van der Waals surface area contributed by atoms with Gasteiger partial charge in [0.15, 0.2) is 0 Å².